The Bertz CT molecular complexity index is 414. The van der Waals surface area contributed by atoms with E-state index in [1.807, 2.05) is 6.92 Å². The highest BCUT2D eigenvalue weighted by atomic mass is 16.7. The Morgan fingerprint density at radius 1 is 1.26 bits per heavy atom. The van der Waals surface area contributed by atoms with Crippen LogP contribution in [-0.2, 0) is 19.0 Å². The molecule has 0 aliphatic carbocycles. The van der Waals surface area contributed by atoms with Crippen molar-refractivity contribution in [2.45, 2.75) is 90.3 Å². The predicted octanol–water partition coefficient (Wildman–Crippen LogP) is 3.23. The molecule has 0 aromatic rings. The number of unbranched alkanes of at least 4 members (excludes halogenated alkanes) is 5. The van der Waals surface area contributed by atoms with Crippen LogP contribution in [0.4, 0.5) is 4.79 Å². The number of hydrogen-bond acceptors (Lipinski definition) is 5. The van der Waals surface area contributed by atoms with Gasteiger partial charge in [-0.1, -0.05) is 39.0 Å². The summed E-state index contributed by atoms with van der Waals surface area (Å²) in [5, 5.41) is 0. The first-order chi connectivity index (χ1) is 11.0. The number of fused-ring (bicyclic) bond motifs is 1. The Kier molecular flexibility index (Phi) is 6.84. The van der Waals surface area contributed by atoms with Crippen molar-refractivity contribution < 1.29 is 23.8 Å². The number of ether oxygens (including phenoxy) is 3. The van der Waals surface area contributed by atoms with Crippen LogP contribution in [0, 0.1) is 0 Å². The molecular formula is C17H29NO5. The third kappa shape index (κ3) is 4.67. The van der Waals surface area contributed by atoms with Crippen LogP contribution in [0.25, 0.3) is 0 Å². The smallest absolute Gasteiger partial charge is 0.417 e. The number of imide groups is 1. The highest BCUT2D eigenvalue weighted by Gasteiger charge is 2.51. The molecule has 132 valence electrons. The van der Waals surface area contributed by atoms with E-state index in [2.05, 4.69) is 6.92 Å². The molecule has 0 radical (unpaired) electrons. The van der Waals surface area contributed by atoms with Crippen LogP contribution in [0.3, 0.4) is 0 Å². The van der Waals surface area contributed by atoms with Gasteiger partial charge in [0.05, 0.1) is 12.1 Å². The van der Waals surface area contributed by atoms with Gasteiger partial charge in [-0.3, -0.25) is 4.79 Å². The molecule has 6 heteroatoms. The van der Waals surface area contributed by atoms with Crippen LogP contribution >= 0.6 is 0 Å². The monoisotopic (exact) mass is 327 g/mol. The third-order valence-electron chi connectivity index (χ3n) is 4.55. The van der Waals surface area contributed by atoms with E-state index in [0.717, 1.165) is 12.8 Å². The van der Waals surface area contributed by atoms with Crippen LogP contribution in [0.5, 0.6) is 0 Å². The van der Waals surface area contributed by atoms with Gasteiger partial charge in [-0.15, -0.1) is 0 Å². The number of amides is 2. The molecule has 0 N–H and O–H groups in total. The van der Waals surface area contributed by atoms with Gasteiger partial charge in [0.1, 0.15) is 0 Å². The van der Waals surface area contributed by atoms with Gasteiger partial charge in [-0.2, -0.15) is 0 Å². The summed E-state index contributed by atoms with van der Waals surface area (Å²) in [7, 11) is 0. The number of carbonyl (C=O) groups excluding carboxylic acids is 2. The maximum absolute atomic E-state index is 11.8. The predicted molar refractivity (Wildman–Crippen MR) is 84.9 cm³/mol. The molecule has 6 nitrogen and oxygen atoms in total. The van der Waals surface area contributed by atoms with Gasteiger partial charge in [-0.25, -0.2) is 9.69 Å². The van der Waals surface area contributed by atoms with Crippen LogP contribution in [-0.4, -0.2) is 48.0 Å². The molecule has 2 aliphatic heterocycles. The Balaban J connectivity index is 1.75. The van der Waals surface area contributed by atoms with E-state index in [4.69, 9.17) is 14.2 Å². The topological polar surface area (TPSA) is 65.1 Å². The fraction of sp³-hybridized carbons (Fsp3) is 0.882. The average Bonchev–Trinajstić information content (AvgIpc) is 2.83. The molecule has 23 heavy (non-hydrogen) atoms. The maximum Gasteiger partial charge on any atom is 0.417 e. The number of rotatable bonds is 8. The maximum atomic E-state index is 11.8. The van der Waals surface area contributed by atoms with Crippen molar-refractivity contribution in [3.05, 3.63) is 0 Å². The minimum atomic E-state index is -0.570. The molecule has 2 rings (SSSR count). The highest BCUT2D eigenvalue weighted by Crippen LogP contribution is 2.33. The van der Waals surface area contributed by atoms with Gasteiger partial charge in [0.15, 0.2) is 12.4 Å². The quantitative estimate of drug-likeness (QED) is 0.640. The second kappa shape index (κ2) is 8.64. The number of hydrogen-bond donors (Lipinski definition) is 0. The zero-order valence-corrected chi connectivity index (χ0v) is 14.5. The minimum absolute atomic E-state index is 0.267. The first kappa shape index (κ1) is 18.2. The summed E-state index contributed by atoms with van der Waals surface area (Å²) < 4.78 is 16.9. The molecule has 0 aromatic carbocycles. The number of nitrogens with zero attached hydrogens (tertiary/aromatic N) is 1. The third-order valence-corrected chi connectivity index (χ3v) is 4.55. The second-order valence-electron chi connectivity index (χ2n) is 6.45. The lowest BCUT2D eigenvalue weighted by Gasteiger charge is -2.36. The lowest BCUT2D eigenvalue weighted by atomic mass is 9.99. The first-order valence-electron chi connectivity index (χ1n) is 8.82. The molecule has 2 aliphatic rings. The average molecular weight is 327 g/mol. The Labute approximate surface area is 138 Å². The lowest BCUT2D eigenvalue weighted by Crippen LogP contribution is -2.51. The summed E-state index contributed by atoms with van der Waals surface area (Å²) in [5.41, 5.74) is 0. The van der Waals surface area contributed by atoms with Gasteiger partial charge in [0, 0.05) is 20.0 Å². The van der Waals surface area contributed by atoms with E-state index >= 15 is 0 Å². The second-order valence-corrected chi connectivity index (χ2v) is 6.45. The summed E-state index contributed by atoms with van der Waals surface area (Å²) in [6, 6.07) is -0.279. The lowest BCUT2D eigenvalue weighted by molar-refractivity contribution is -0.219. The standard InChI is InChI=1S/C17H29NO5/c1-4-5-6-7-8-9-10-21-15-11-14-16(12(2)22-15)23-17(20)18(14)13(3)19/h12,14-16H,4-11H2,1-3H3/t12-,14-,15+,16+/m0/s1. The molecule has 0 saturated carbocycles. The first-order valence-corrected chi connectivity index (χ1v) is 8.82. The summed E-state index contributed by atoms with van der Waals surface area (Å²) in [6.07, 6.45) is 6.12. The van der Waals surface area contributed by atoms with Gasteiger partial charge in [0.2, 0.25) is 5.91 Å². The summed E-state index contributed by atoms with van der Waals surface area (Å²) in [5.74, 6) is -0.286. The van der Waals surface area contributed by atoms with Crippen LogP contribution in [0.2, 0.25) is 0 Å². The van der Waals surface area contributed by atoms with E-state index in [0.29, 0.717) is 13.0 Å². The summed E-state index contributed by atoms with van der Waals surface area (Å²) in [6.45, 7) is 6.10. The Morgan fingerprint density at radius 2 is 1.96 bits per heavy atom. The van der Waals surface area contributed by atoms with Crippen LogP contribution in [0.1, 0.15) is 65.7 Å². The highest BCUT2D eigenvalue weighted by molar-refractivity contribution is 5.92. The molecule has 0 aromatic heterocycles. The molecule has 2 fully saturated rings. The zero-order chi connectivity index (χ0) is 16.8. The van der Waals surface area contributed by atoms with Crippen LogP contribution in [0.15, 0.2) is 0 Å². The van der Waals surface area contributed by atoms with Crippen molar-refractivity contribution in [1.82, 2.24) is 4.90 Å². The molecule has 0 bridgehead atoms. The fourth-order valence-corrected chi connectivity index (χ4v) is 3.32. The van der Waals surface area contributed by atoms with Gasteiger partial charge in [0.25, 0.3) is 0 Å². The van der Waals surface area contributed by atoms with Gasteiger partial charge in [-0.05, 0) is 13.3 Å². The van der Waals surface area contributed by atoms with Crippen molar-refractivity contribution in [2.24, 2.45) is 0 Å². The van der Waals surface area contributed by atoms with Crippen LogP contribution < -0.4 is 0 Å². The van der Waals surface area contributed by atoms with Crippen molar-refractivity contribution in [3.63, 3.8) is 0 Å². The Morgan fingerprint density at radius 3 is 2.65 bits per heavy atom. The molecule has 2 heterocycles. The molecule has 4 atom stereocenters. The van der Waals surface area contributed by atoms with E-state index in [1.54, 1.807) is 0 Å². The van der Waals surface area contributed by atoms with Gasteiger partial charge >= 0.3 is 6.09 Å². The molecule has 0 unspecified atom stereocenters. The van der Waals surface area contributed by atoms with E-state index in [-0.39, 0.29) is 30.4 Å². The van der Waals surface area contributed by atoms with Crippen molar-refractivity contribution >= 4 is 12.0 Å². The largest absolute Gasteiger partial charge is 0.441 e. The van der Waals surface area contributed by atoms with Crippen molar-refractivity contribution in [2.75, 3.05) is 6.61 Å². The molecular weight excluding hydrogens is 298 g/mol. The van der Waals surface area contributed by atoms with E-state index in [1.165, 1.54) is 37.5 Å². The fourth-order valence-electron chi connectivity index (χ4n) is 3.32. The molecule has 0 spiro atoms. The van der Waals surface area contributed by atoms with Crippen molar-refractivity contribution in [3.8, 4) is 0 Å². The van der Waals surface area contributed by atoms with E-state index < -0.39 is 6.09 Å². The number of carbonyl (C=O) groups is 2. The minimum Gasteiger partial charge on any atom is -0.441 e. The SMILES string of the molecule is CCCCCCCCO[C@H]1C[C@H]2[C@H](OC(=O)N2C(C)=O)[C@H](C)O1. The normalized spacial score (nSPS) is 30.2. The summed E-state index contributed by atoms with van der Waals surface area (Å²) in [4.78, 5) is 24.7. The zero-order valence-electron chi connectivity index (χ0n) is 14.5. The Hall–Kier alpha value is -1.14. The summed E-state index contributed by atoms with van der Waals surface area (Å²) >= 11 is 0. The van der Waals surface area contributed by atoms with E-state index in [9.17, 15) is 9.59 Å². The van der Waals surface area contributed by atoms with Gasteiger partial charge < -0.3 is 14.2 Å². The van der Waals surface area contributed by atoms with Crippen molar-refractivity contribution in [1.29, 1.82) is 0 Å². The molecule has 2 saturated heterocycles. The molecule has 2 amide bonds.